The zero-order chi connectivity index (χ0) is 20.1. The highest BCUT2D eigenvalue weighted by atomic mass is 32.2. The number of nitrogens with one attached hydrogen (secondary N) is 1. The van der Waals surface area contributed by atoms with Gasteiger partial charge in [0.1, 0.15) is 5.82 Å². The molecule has 0 fully saturated rings. The number of anilines is 3. The van der Waals surface area contributed by atoms with Crippen molar-refractivity contribution < 1.29 is 0 Å². The highest BCUT2D eigenvalue weighted by molar-refractivity contribution is 7.98. The number of thioether (sulfide) groups is 1. The molecule has 2 aromatic carbocycles. The van der Waals surface area contributed by atoms with E-state index in [9.17, 15) is 0 Å². The van der Waals surface area contributed by atoms with Crippen LogP contribution in [0.5, 0.6) is 0 Å². The van der Waals surface area contributed by atoms with Crippen LogP contribution in [-0.2, 0) is 12.3 Å². The predicted molar refractivity (Wildman–Crippen MR) is 116 cm³/mol. The second-order valence-electron chi connectivity index (χ2n) is 6.49. The third kappa shape index (κ3) is 4.91. The van der Waals surface area contributed by atoms with Gasteiger partial charge in [-0.1, -0.05) is 60.3 Å². The molecule has 29 heavy (non-hydrogen) atoms. The smallest absolute Gasteiger partial charge is 0.232 e. The van der Waals surface area contributed by atoms with Crippen LogP contribution in [0.25, 0.3) is 0 Å². The van der Waals surface area contributed by atoms with E-state index in [0.29, 0.717) is 17.5 Å². The first kappa shape index (κ1) is 18.9. The van der Waals surface area contributed by atoms with E-state index in [1.807, 2.05) is 55.6 Å². The van der Waals surface area contributed by atoms with Gasteiger partial charge in [0.05, 0.1) is 5.75 Å². The molecule has 146 valence electrons. The van der Waals surface area contributed by atoms with Crippen molar-refractivity contribution in [1.82, 2.24) is 24.5 Å². The summed E-state index contributed by atoms with van der Waals surface area (Å²) in [6, 6.07) is 18.2. The van der Waals surface area contributed by atoms with Crippen molar-refractivity contribution in [3.05, 3.63) is 83.9 Å². The summed E-state index contributed by atoms with van der Waals surface area (Å²) in [5.74, 6) is 1.78. The summed E-state index contributed by atoms with van der Waals surface area (Å²) < 4.78 is 2.11. The molecule has 2 aromatic heterocycles. The molecule has 7 nitrogen and oxygen atoms in total. The minimum Gasteiger partial charge on any atom is -0.368 e. The number of nitrogens with two attached hydrogens (primary N) is 1. The quantitative estimate of drug-likeness (QED) is 0.450. The maximum atomic E-state index is 5.90. The van der Waals surface area contributed by atoms with Gasteiger partial charge >= 0.3 is 0 Å². The molecule has 4 aromatic rings. The number of nitrogen functional groups attached to an aromatic ring is 1. The summed E-state index contributed by atoms with van der Waals surface area (Å²) in [6.07, 6.45) is 3.78. The molecule has 0 aliphatic carbocycles. The lowest BCUT2D eigenvalue weighted by Gasteiger charge is -2.10. The molecular weight excluding hydrogens is 382 g/mol. The molecule has 0 saturated heterocycles. The first-order valence-corrected chi connectivity index (χ1v) is 10.2. The van der Waals surface area contributed by atoms with Gasteiger partial charge in [0.25, 0.3) is 0 Å². The third-order valence-corrected chi connectivity index (χ3v) is 5.29. The molecule has 2 heterocycles. The van der Waals surface area contributed by atoms with Gasteiger partial charge in [-0.2, -0.15) is 15.0 Å². The Bertz CT molecular complexity index is 1100. The molecule has 8 heteroatoms. The van der Waals surface area contributed by atoms with Gasteiger partial charge in [0.2, 0.25) is 11.9 Å². The van der Waals surface area contributed by atoms with Gasteiger partial charge in [0, 0.05) is 24.6 Å². The summed E-state index contributed by atoms with van der Waals surface area (Å²) >= 11 is 1.57. The van der Waals surface area contributed by atoms with Crippen LogP contribution in [0.1, 0.15) is 17.0 Å². The van der Waals surface area contributed by atoms with Crippen LogP contribution in [0.15, 0.2) is 72.1 Å². The van der Waals surface area contributed by atoms with Crippen LogP contribution >= 0.6 is 11.8 Å². The Morgan fingerprint density at radius 2 is 1.79 bits per heavy atom. The third-order valence-electron chi connectivity index (χ3n) is 4.29. The average Bonchev–Trinajstić information content (AvgIpc) is 3.15. The number of nitrogens with zero attached hydrogens (tertiary/aromatic N) is 5. The number of imidazole rings is 1. The Balaban J connectivity index is 1.46. The summed E-state index contributed by atoms with van der Waals surface area (Å²) in [6.45, 7) is 2.79. The second-order valence-corrected chi connectivity index (χ2v) is 7.43. The van der Waals surface area contributed by atoms with E-state index < -0.39 is 0 Å². The van der Waals surface area contributed by atoms with Gasteiger partial charge < -0.3 is 15.6 Å². The molecule has 0 spiro atoms. The Labute approximate surface area is 173 Å². The van der Waals surface area contributed by atoms with Crippen molar-refractivity contribution in [2.45, 2.75) is 24.4 Å². The number of rotatable bonds is 7. The zero-order valence-corrected chi connectivity index (χ0v) is 16.8. The minimum absolute atomic E-state index is 0.194. The van der Waals surface area contributed by atoms with Crippen molar-refractivity contribution in [1.29, 1.82) is 0 Å². The predicted octanol–water partition coefficient (Wildman–Crippen LogP) is 4.04. The molecule has 0 saturated carbocycles. The van der Waals surface area contributed by atoms with E-state index in [1.165, 1.54) is 5.56 Å². The molecule has 0 unspecified atom stereocenters. The number of hydrogen-bond donors (Lipinski definition) is 2. The number of para-hydroxylation sites is 1. The molecule has 3 N–H and O–H groups in total. The Kier molecular flexibility index (Phi) is 5.71. The fraction of sp³-hybridized carbons (Fsp3) is 0.143. The molecule has 0 aliphatic heterocycles. The summed E-state index contributed by atoms with van der Waals surface area (Å²) in [5.41, 5.74) is 9.17. The molecule has 0 aliphatic rings. The SMILES string of the molecule is Cc1ccccc1Nc1nc(N)nc(CSc2nccn2Cc2ccccc2)n1. The van der Waals surface area contributed by atoms with Crippen molar-refractivity contribution >= 4 is 29.3 Å². The molecule has 0 radical (unpaired) electrons. The average molecular weight is 404 g/mol. The van der Waals surface area contributed by atoms with Crippen molar-refractivity contribution in [2.24, 2.45) is 0 Å². The van der Waals surface area contributed by atoms with Crippen molar-refractivity contribution in [3.63, 3.8) is 0 Å². The van der Waals surface area contributed by atoms with Crippen LogP contribution < -0.4 is 11.1 Å². The largest absolute Gasteiger partial charge is 0.368 e. The molecule has 0 atom stereocenters. The van der Waals surface area contributed by atoms with E-state index >= 15 is 0 Å². The fourth-order valence-electron chi connectivity index (χ4n) is 2.86. The first-order chi connectivity index (χ1) is 14.2. The van der Waals surface area contributed by atoms with Crippen molar-refractivity contribution in [3.8, 4) is 0 Å². The molecule has 0 amide bonds. The topological polar surface area (TPSA) is 94.5 Å². The van der Waals surface area contributed by atoms with Crippen LogP contribution in [0.4, 0.5) is 17.6 Å². The van der Waals surface area contributed by atoms with Crippen LogP contribution in [0.3, 0.4) is 0 Å². The van der Waals surface area contributed by atoms with Crippen LogP contribution in [0, 0.1) is 6.92 Å². The first-order valence-electron chi connectivity index (χ1n) is 9.18. The summed E-state index contributed by atoms with van der Waals surface area (Å²) in [7, 11) is 0. The number of benzene rings is 2. The number of hydrogen-bond acceptors (Lipinski definition) is 7. The summed E-state index contributed by atoms with van der Waals surface area (Å²) in [5, 5.41) is 4.12. The second kappa shape index (κ2) is 8.74. The van der Waals surface area contributed by atoms with Gasteiger partial charge in [-0.15, -0.1) is 0 Å². The fourth-order valence-corrected chi connectivity index (χ4v) is 3.67. The monoisotopic (exact) mass is 403 g/mol. The highest BCUT2D eigenvalue weighted by Crippen LogP contribution is 2.22. The van der Waals surface area contributed by atoms with Crippen LogP contribution in [0.2, 0.25) is 0 Å². The lowest BCUT2D eigenvalue weighted by molar-refractivity contribution is 0.708. The Morgan fingerprint density at radius 1 is 1.00 bits per heavy atom. The maximum absolute atomic E-state index is 5.90. The van der Waals surface area contributed by atoms with Gasteiger partial charge in [-0.3, -0.25) is 0 Å². The zero-order valence-electron chi connectivity index (χ0n) is 16.0. The maximum Gasteiger partial charge on any atom is 0.232 e. The van der Waals surface area contributed by atoms with E-state index in [0.717, 1.165) is 23.0 Å². The lowest BCUT2D eigenvalue weighted by atomic mass is 10.2. The lowest BCUT2D eigenvalue weighted by Crippen LogP contribution is -2.07. The molecule has 4 rings (SSSR count). The van der Waals surface area contributed by atoms with E-state index in [1.54, 1.807) is 18.0 Å². The van der Waals surface area contributed by atoms with Crippen molar-refractivity contribution in [2.75, 3.05) is 11.1 Å². The number of aryl methyl sites for hydroxylation is 1. The van der Waals surface area contributed by atoms with E-state index in [4.69, 9.17) is 5.73 Å². The number of aromatic nitrogens is 5. The Morgan fingerprint density at radius 3 is 2.62 bits per heavy atom. The normalized spacial score (nSPS) is 10.8. The minimum atomic E-state index is 0.194. The van der Waals surface area contributed by atoms with E-state index in [2.05, 4.69) is 42.0 Å². The van der Waals surface area contributed by atoms with E-state index in [-0.39, 0.29) is 5.95 Å². The highest BCUT2D eigenvalue weighted by Gasteiger charge is 2.10. The standard InChI is InChI=1S/C21H21N7S/c1-15-7-5-6-10-17(15)24-20-26-18(25-19(22)27-20)14-29-21-23-11-12-28(21)13-16-8-3-2-4-9-16/h2-12H,13-14H2,1H3,(H3,22,24,25,26,27). The summed E-state index contributed by atoms with van der Waals surface area (Å²) in [4.78, 5) is 17.4. The van der Waals surface area contributed by atoms with Gasteiger partial charge in [0.15, 0.2) is 5.16 Å². The van der Waals surface area contributed by atoms with Gasteiger partial charge in [-0.05, 0) is 24.1 Å². The van der Waals surface area contributed by atoms with Gasteiger partial charge in [-0.25, -0.2) is 4.98 Å². The Hall–Kier alpha value is -3.39. The van der Waals surface area contributed by atoms with Crippen LogP contribution in [-0.4, -0.2) is 24.5 Å². The molecular formula is C21H21N7S. The molecule has 0 bridgehead atoms.